The summed E-state index contributed by atoms with van der Waals surface area (Å²) in [4.78, 5) is 29.9. The Morgan fingerprint density at radius 3 is 2.54 bits per heavy atom. The van der Waals surface area contributed by atoms with Crippen LogP contribution in [0.1, 0.15) is 16.1 Å². The van der Waals surface area contributed by atoms with Crippen molar-refractivity contribution in [2.45, 2.75) is 11.8 Å². The lowest BCUT2D eigenvalue weighted by Crippen LogP contribution is -2.35. The van der Waals surface area contributed by atoms with Gasteiger partial charge in [-0.2, -0.15) is 0 Å². The van der Waals surface area contributed by atoms with Gasteiger partial charge in [-0.25, -0.2) is 32.7 Å². The molecule has 0 bridgehead atoms. The molecule has 0 aliphatic carbocycles. The van der Waals surface area contributed by atoms with Crippen molar-refractivity contribution in [1.29, 1.82) is 0 Å². The first kappa shape index (κ1) is 17.6. The summed E-state index contributed by atoms with van der Waals surface area (Å²) in [5.74, 6) is -1.59. The summed E-state index contributed by atoms with van der Waals surface area (Å²) >= 11 is 5.75. The van der Waals surface area contributed by atoms with Crippen LogP contribution in [0.3, 0.4) is 0 Å². The molecule has 2 aromatic rings. The van der Waals surface area contributed by atoms with Gasteiger partial charge in [0.15, 0.2) is 0 Å². The number of hydrogen-bond acceptors (Lipinski definition) is 6. The molecular weight excluding hydrogens is 360 g/mol. The van der Waals surface area contributed by atoms with Gasteiger partial charge in [-0.3, -0.25) is 5.32 Å². The molecule has 24 heavy (non-hydrogen) atoms. The molecule has 11 heteroatoms. The van der Waals surface area contributed by atoms with Gasteiger partial charge in [0.2, 0.25) is 5.95 Å². The van der Waals surface area contributed by atoms with Crippen LogP contribution in [0.5, 0.6) is 0 Å². The number of aromatic nitrogens is 2. The van der Waals surface area contributed by atoms with Crippen molar-refractivity contribution in [3.8, 4) is 0 Å². The molecule has 0 fully saturated rings. The lowest BCUT2D eigenvalue weighted by molar-refractivity contribution is 0.0692. The van der Waals surface area contributed by atoms with E-state index in [1.165, 1.54) is 18.3 Å². The van der Waals surface area contributed by atoms with Crippen molar-refractivity contribution < 1.29 is 23.1 Å². The number of carbonyl (C=O) groups is 2. The Hall–Kier alpha value is -2.72. The van der Waals surface area contributed by atoms with Crippen LogP contribution in [0.25, 0.3) is 0 Å². The Morgan fingerprint density at radius 2 is 1.92 bits per heavy atom. The van der Waals surface area contributed by atoms with Gasteiger partial charge in [0.05, 0.1) is 22.5 Å². The monoisotopic (exact) mass is 370 g/mol. The summed E-state index contributed by atoms with van der Waals surface area (Å²) in [6, 6.07) is 3.75. The van der Waals surface area contributed by atoms with Gasteiger partial charge in [0, 0.05) is 0 Å². The standard InChI is InChI=1S/C13H11ClN4O5S/c1-7-9(14)6-15-12(16-7)17-13(21)18-24(22,23)10-5-3-2-4-8(10)11(19)20/h2-6H,1H3,(H,19,20)(H2,15,16,17,18,21). The molecule has 2 amide bonds. The predicted molar refractivity (Wildman–Crippen MR) is 84.5 cm³/mol. The fourth-order valence-corrected chi connectivity index (χ4v) is 2.89. The summed E-state index contributed by atoms with van der Waals surface area (Å²) in [7, 11) is -4.40. The number of rotatable bonds is 4. The number of carbonyl (C=O) groups excluding carboxylic acids is 1. The number of sulfonamides is 1. The van der Waals surface area contributed by atoms with E-state index < -0.39 is 32.5 Å². The summed E-state index contributed by atoms with van der Waals surface area (Å²) in [5.41, 5.74) is -0.0718. The zero-order valence-corrected chi connectivity index (χ0v) is 13.7. The van der Waals surface area contributed by atoms with Crippen LogP contribution in [-0.4, -0.2) is 35.5 Å². The van der Waals surface area contributed by atoms with Crippen LogP contribution in [0.4, 0.5) is 10.7 Å². The first-order chi connectivity index (χ1) is 11.2. The normalized spacial score (nSPS) is 10.9. The molecule has 0 aliphatic rings. The van der Waals surface area contributed by atoms with E-state index in [0.717, 1.165) is 12.1 Å². The Balaban J connectivity index is 2.21. The van der Waals surface area contributed by atoms with Crippen molar-refractivity contribution in [3.63, 3.8) is 0 Å². The molecule has 3 N–H and O–H groups in total. The summed E-state index contributed by atoms with van der Waals surface area (Å²) in [6.45, 7) is 1.58. The summed E-state index contributed by atoms with van der Waals surface area (Å²) in [5, 5.41) is 11.4. The SMILES string of the molecule is Cc1nc(NC(=O)NS(=O)(=O)c2ccccc2C(=O)O)ncc1Cl. The minimum absolute atomic E-state index is 0.156. The largest absolute Gasteiger partial charge is 0.478 e. The van der Waals surface area contributed by atoms with Crippen molar-refractivity contribution >= 4 is 39.6 Å². The van der Waals surface area contributed by atoms with Crippen molar-refractivity contribution in [2.75, 3.05) is 5.32 Å². The predicted octanol–water partition coefficient (Wildman–Crippen LogP) is 1.65. The zero-order valence-electron chi connectivity index (χ0n) is 12.1. The van der Waals surface area contributed by atoms with E-state index in [-0.39, 0.29) is 11.0 Å². The van der Waals surface area contributed by atoms with E-state index in [1.807, 2.05) is 0 Å². The molecule has 1 heterocycles. The second-order valence-electron chi connectivity index (χ2n) is 4.49. The summed E-state index contributed by atoms with van der Waals surface area (Å²) in [6.07, 6.45) is 1.24. The highest BCUT2D eigenvalue weighted by Gasteiger charge is 2.24. The molecule has 2 rings (SSSR count). The van der Waals surface area contributed by atoms with E-state index in [4.69, 9.17) is 16.7 Å². The lowest BCUT2D eigenvalue weighted by atomic mass is 10.2. The quantitative estimate of drug-likeness (QED) is 0.743. The first-order valence-corrected chi connectivity index (χ1v) is 8.22. The number of urea groups is 1. The van der Waals surface area contributed by atoms with Crippen LogP contribution in [0.15, 0.2) is 35.4 Å². The zero-order chi connectivity index (χ0) is 17.9. The molecule has 1 aromatic carbocycles. The number of carboxylic acids is 1. The topological polar surface area (TPSA) is 138 Å². The third kappa shape index (κ3) is 3.97. The number of nitrogens with zero attached hydrogens (tertiary/aromatic N) is 2. The minimum atomic E-state index is -4.40. The maximum Gasteiger partial charge on any atom is 0.337 e. The molecular formula is C13H11ClN4O5S. The number of amides is 2. The molecule has 0 saturated carbocycles. The molecule has 1 aromatic heterocycles. The van der Waals surface area contributed by atoms with Crippen LogP contribution < -0.4 is 10.0 Å². The van der Waals surface area contributed by atoms with Gasteiger partial charge in [0.25, 0.3) is 10.0 Å². The second kappa shape index (κ2) is 6.81. The summed E-state index contributed by atoms with van der Waals surface area (Å²) < 4.78 is 26.1. The number of halogens is 1. The highest BCUT2D eigenvalue weighted by atomic mass is 35.5. The number of benzene rings is 1. The average Bonchev–Trinajstić information content (AvgIpc) is 2.50. The molecule has 0 spiro atoms. The Bertz CT molecular complexity index is 916. The maximum absolute atomic E-state index is 12.2. The third-order valence-electron chi connectivity index (χ3n) is 2.78. The van der Waals surface area contributed by atoms with E-state index in [9.17, 15) is 18.0 Å². The number of aryl methyl sites for hydroxylation is 1. The molecule has 0 aliphatic heterocycles. The third-order valence-corrected chi connectivity index (χ3v) is 4.54. The number of anilines is 1. The van der Waals surface area contributed by atoms with Gasteiger partial charge >= 0.3 is 12.0 Å². The lowest BCUT2D eigenvalue weighted by Gasteiger charge is -2.10. The first-order valence-electron chi connectivity index (χ1n) is 6.36. The van der Waals surface area contributed by atoms with Crippen molar-refractivity contribution in [2.24, 2.45) is 0 Å². The fourth-order valence-electron chi connectivity index (χ4n) is 1.69. The van der Waals surface area contributed by atoms with Crippen molar-refractivity contribution in [3.05, 3.63) is 46.7 Å². The number of carboxylic acid groups (broad SMARTS) is 1. The van der Waals surface area contributed by atoms with Gasteiger partial charge < -0.3 is 5.11 Å². The molecule has 0 unspecified atom stereocenters. The van der Waals surface area contributed by atoms with E-state index in [1.54, 1.807) is 11.6 Å². The Morgan fingerprint density at radius 1 is 1.25 bits per heavy atom. The Labute approximate surface area is 141 Å². The second-order valence-corrected chi connectivity index (χ2v) is 6.55. The van der Waals surface area contributed by atoms with Crippen molar-refractivity contribution in [1.82, 2.24) is 14.7 Å². The molecule has 0 radical (unpaired) electrons. The van der Waals surface area contributed by atoms with E-state index in [0.29, 0.717) is 5.69 Å². The minimum Gasteiger partial charge on any atom is -0.478 e. The van der Waals surface area contributed by atoms with Gasteiger partial charge in [-0.15, -0.1) is 0 Å². The van der Waals surface area contributed by atoms with E-state index >= 15 is 0 Å². The molecule has 126 valence electrons. The van der Waals surface area contributed by atoms with E-state index in [2.05, 4.69) is 15.3 Å². The number of aromatic carboxylic acids is 1. The van der Waals surface area contributed by atoms with Crippen LogP contribution in [0.2, 0.25) is 5.02 Å². The van der Waals surface area contributed by atoms with Crippen LogP contribution >= 0.6 is 11.6 Å². The fraction of sp³-hybridized carbons (Fsp3) is 0.0769. The van der Waals surface area contributed by atoms with Gasteiger partial charge in [-0.05, 0) is 19.1 Å². The molecule has 9 nitrogen and oxygen atoms in total. The Kier molecular flexibility index (Phi) is 5.00. The van der Waals surface area contributed by atoms with Crippen LogP contribution in [-0.2, 0) is 10.0 Å². The highest BCUT2D eigenvalue weighted by Crippen LogP contribution is 2.16. The van der Waals surface area contributed by atoms with Crippen LogP contribution in [0, 0.1) is 6.92 Å². The molecule has 0 saturated heterocycles. The average molecular weight is 371 g/mol. The highest BCUT2D eigenvalue weighted by molar-refractivity contribution is 7.90. The smallest absolute Gasteiger partial charge is 0.337 e. The van der Waals surface area contributed by atoms with Gasteiger partial charge in [-0.1, -0.05) is 23.7 Å². The maximum atomic E-state index is 12.2. The number of hydrogen-bond donors (Lipinski definition) is 3. The molecule has 0 atom stereocenters. The van der Waals surface area contributed by atoms with Gasteiger partial charge in [0.1, 0.15) is 4.90 Å². The number of nitrogens with one attached hydrogen (secondary N) is 2.